The van der Waals surface area contributed by atoms with Gasteiger partial charge in [0.2, 0.25) is 0 Å². The fourth-order valence-corrected chi connectivity index (χ4v) is 3.22. The van der Waals surface area contributed by atoms with Crippen LogP contribution in [0.4, 0.5) is 14.6 Å². The minimum Gasteiger partial charge on any atom is -0.491 e. The van der Waals surface area contributed by atoms with Gasteiger partial charge in [0.15, 0.2) is 0 Å². The molecule has 0 N–H and O–H groups in total. The highest BCUT2D eigenvalue weighted by Gasteiger charge is 2.35. The molecule has 8 heteroatoms. The van der Waals surface area contributed by atoms with E-state index in [-0.39, 0.29) is 13.3 Å². The monoisotopic (exact) mass is 385 g/mol. The summed E-state index contributed by atoms with van der Waals surface area (Å²) in [6.07, 6.45) is -0.675. The maximum atomic E-state index is 13.1. The molecule has 3 heterocycles. The second-order valence-corrected chi connectivity index (χ2v) is 6.39. The van der Waals surface area contributed by atoms with Gasteiger partial charge in [-0.25, -0.2) is 13.8 Å². The topological polar surface area (TPSA) is 39.5 Å². The number of nitrogens with zero attached hydrogens (tertiary/aromatic N) is 3. The van der Waals surface area contributed by atoms with Crippen LogP contribution in [0.3, 0.4) is 0 Å². The molecule has 1 saturated heterocycles. The van der Waals surface area contributed by atoms with Crippen LogP contribution < -0.4 is 9.64 Å². The number of anilines is 1. The zero-order valence-corrected chi connectivity index (χ0v) is 13.7. The Hall–Kier alpha value is -1.67. The first-order valence-electron chi connectivity index (χ1n) is 7.26. The van der Waals surface area contributed by atoms with Crippen LogP contribution in [0.5, 0.6) is 5.75 Å². The molecule has 0 bridgehead atoms. The third-order valence-electron chi connectivity index (χ3n) is 4.04. The van der Waals surface area contributed by atoms with Crippen molar-refractivity contribution < 1.29 is 18.3 Å². The number of fused-ring (bicyclic) bond motifs is 3. The molecule has 0 spiro atoms. The maximum absolute atomic E-state index is 13.1. The molecule has 0 radical (unpaired) electrons. The molecule has 1 aromatic carbocycles. The van der Waals surface area contributed by atoms with Crippen molar-refractivity contribution in [2.24, 2.45) is 0 Å². The number of aromatic nitrogens is 2. The Balaban J connectivity index is 1.75. The fraction of sp³-hybridized carbons (Fsp3) is 0.400. The summed E-state index contributed by atoms with van der Waals surface area (Å²) in [6, 6.07) is 4.76. The lowest BCUT2D eigenvalue weighted by molar-refractivity contribution is 0.100. The second-order valence-electron chi connectivity index (χ2n) is 5.48. The van der Waals surface area contributed by atoms with Crippen LogP contribution in [0.1, 0.15) is 0 Å². The van der Waals surface area contributed by atoms with Gasteiger partial charge in [-0.05, 0) is 18.2 Å². The van der Waals surface area contributed by atoms with E-state index in [0.717, 1.165) is 21.6 Å². The average Bonchev–Trinajstić information content (AvgIpc) is 3.11. The van der Waals surface area contributed by atoms with Crippen LogP contribution in [0, 0.1) is 0 Å². The number of halogens is 3. The number of benzene rings is 1. The van der Waals surface area contributed by atoms with Gasteiger partial charge in [-0.15, -0.1) is 0 Å². The molecular weight excluding hydrogens is 372 g/mol. The molecule has 2 aliphatic heterocycles. The lowest BCUT2D eigenvalue weighted by atomic mass is 10.2. The average molecular weight is 386 g/mol. The van der Waals surface area contributed by atoms with Crippen LogP contribution in [0.25, 0.3) is 11.4 Å². The Morgan fingerprint density at radius 1 is 1.35 bits per heavy atom. The van der Waals surface area contributed by atoms with E-state index in [4.69, 9.17) is 9.47 Å². The number of hydrogen-bond acceptors (Lipinski definition) is 4. The summed E-state index contributed by atoms with van der Waals surface area (Å²) in [4.78, 5) is 6.10. The number of imidazole rings is 1. The summed E-state index contributed by atoms with van der Waals surface area (Å²) in [5, 5.41) is 0. The molecule has 2 aliphatic rings. The van der Waals surface area contributed by atoms with E-state index in [1.165, 1.54) is 4.90 Å². The van der Waals surface area contributed by atoms with Gasteiger partial charge in [0.05, 0.1) is 18.7 Å². The minimum absolute atomic E-state index is 0.0203. The molecule has 4 rings (SSSR count). The SMILES string of the molecule is FC(F)C1COCN1c1cn2c(n1)-c1ccc(Br)cc1OCC2. The quantitative estimate of drug-likeness (QED) is 0.795. The molecule has 122 valence electrons. The Morgan fingerprint density at radius 3 is 3.04 bits per heavy atom. The van der Waals surface area contributed by atoms with Gasteiger partial charge < -0.3 is 18.9 Å². The predicted octanol–water partition coefficient (Wildman–Crippen LogP) is 3.13. The standard InChI is InChI=1S/C15H14BrF2N3O2/c16-9-1-2-10-12(5-9)23-4-3-20-6-13(19-15(10)20)21-8-22-7-11(21)14(17)18/h1-2,5-6,11,14H,3-4,7-8H2. The zero-order chi connectivity index (χ0) is 16.0. The van der Waals surface area contributed by atoms with Crippen molar-refractivity contribution in [2.45, 2.75) is 19.0 Å². The highest BCUT2D eigenvalue weighted by atomic mass is 79.9. The fourth-order valence-electron chi connectivity index (χ4n) is 2.88. The summed E-state index contributed by atoms with van der Waals surface area (Å²) in [7, 11) is 0. The summed E-state index contributed by atoms with van der Waals surface area (Å²) in [6.45, 7) is 1.27. The number of rotatable bonds is 2. The van der Waals surface area contributed by atoms with Crippen molar-refractivity contribution in [1.82, 2.24) is 9.55 Å². The normalized spacial score (nSPS) is 20.2. The zero-order valence-electron chi connectivity index (χ0n) is 12.1. The van der Waals surface area contributed by atoms with Gasteiger partial charge in [0.25, 0.3) is 6.43 Å². The van der Waals surface area contributed by atoms with E-state index in [9.17, 15) is 8.78 Å². The molecule has 0 aliphatic carbocycles. The molecule has 2 aromatic rings. The molecule has 1 fully saturated rings. The molecule has 1 unspecified atom stereocenters. The Morgan fingerprint density at radius 2 is 2.22 bits per heavy atom. The Kier molecular flexibility index (Phi) is 3.73. The molecular formula is C15H14BrF2N3O2. The van der Waals surface area contributed by atoms with Gasteiger partial charge in [0.1, 0.15) is 36.8 Å². The molecule has 0 amide bonds. The minimum atomic E-state index is -2.47. The van der Waals surface area contributed by atoms with E-state index >= 15 is 0 Å². The van der Waals surface area contributed by atoms with Crippen molar-refractivity contribution in [2.75, 3.05) is 24.8 Å². The molecule has 5 nitrogen and oxygen atoms in total. The van der Waals surface area contributed by atoms with E-state index in [2.05, 4.69) is 20.9 Å². The number of alkyl halides is 2. The molecule has 1 aromatic heterocycles. The van der Waals surface area contributed by atoms with Crippen LogP contribution in [0.2, 0.25) is 0 Å². The second kappa shape index (κ2) is 5.76. The highest BCUT2D eigenvalue weighted by molar-refractivity contribution is 9.10. The predicted molar refractivity (Wildman–Crippen MR) is 83.9 cm³/mol. The largest absolute Gasteiger partial charge is 0.491 e. The van der Waals surface area contributed by atoms with E-state index in [1.54, 1.807) is 6.20 Å². The molecule has 1 atom stereocenters. The van der Waals surface area contributed by atoms with Crippen molar-refractivity contribution in [3.63, 3.8) is 0 Å². The lowest BCUT2D eigenvalue weighted by Gasteiger charge is -2.21. The number of ether oxygens (including phenoxy) is 2. The first-order valence-corrected chi connectivity index (χ1v) is 8.05. The lowest BCUT2D eigenvalue weighted by Crippen LogP contribution is -2.36. The summed E-state index contributed by atoms with van der Waals surface area (Å²) in [5.74, 6) is 1.97. The van der Waals surface area contributed by atoms with Crippen LogP contribution >= 0.6 is 15.9 Å². The third-order valence-corrected chi connectivity index (χ3v) is 4.54. The Bertz CT molecular complexity index is 738. The van der Waals surface area contributed by atoms with E-state index in [1.807, 2.05) is 22.8 Å². The van der Waals surface area contributed by atoms with Gasteiger partial charge in [-0.1, -0.05) is 15.9 Å². The van der Waals surface area contributed by atoms with E-state index < -0.39 is 12.5 Å². The first-order chi connectivity index (χ1) is 11.1. The van der Waals surface area contributed by atoms with Crippen LogP contribution in [0.15, 0.2) is 28.9 Å². The first kappa shape index (κ1) is 14.9. The molecule has 0 saturated carbocycles. The summed E-state index contributed by atoms with van der Waals surface area (Å²) < 4.78 is 40.1. The van der Waals surface area contributed by atoms with Gasteiger partial charge >= 0.3 is 0 Å². The smallest absolute Gasteiger partial charge is 0.260 e. The maximum Gasteiger partial charge on any atom is 0.260 e. The van der Waals surface area contributed by atoms with Gasteiger partial charge in [-0.3, -0.25) is 0 Å². The third kappa shape index (κ3) is 2.59. The summed E-state index contributed by atoms with van der Waals surface area (Å²) in [5.41, 5.74) is 0.852. The van der Waals surface area contributed by atoms with Gasteiger partial charge in [0, 0.05) is 10.7 Å². The van der Waals surface area contributed by atoms with Crippen LogP contribution in [-0.4, -0.2) is 42.0 Å². The van der Waals surface area contributed by atoms with Gasteiger partial charge in [-0.2, -0.15) is 0 Å². The summed E-state index contributed by atoms with van der Waals surface area (Å²) >= 11 is 3.42. The van der Waals surface area contributed by atoms with Crippen molar-refractivity contribution in [3.05, 3.63) is 28.9 Å². The van der Waals surface area contributed by atoms with Crippen molar-refractivity contribution >= 4 is 21.7 Å². The highest BCUT2D eigenvalue weighted by Crippen LogP contribution is 2.36. The molecule has 23 heavy (non-hydrogen) atoms. The number of hydrogen-bond donors (Lipinski definition) is 0. The van der Waals surface area contributed by atoms with Crippen molar-refractivity contribution in [1.29, 1.82) is 0 Å². The van der Waals surface area contributed by atoms with Crippen LogP contribution in [-0.2, 0) is 11.3 Å². The van der Waals surface area contributed by atoms with Crippen molar-refractivity contribution in [3.8, 4) is 17.1 Å². The van der Waals surface area contributed by atoms with E-state index in [0.29, 0.717) is 19.0 Å². The Labute approximate surface area is 139 Å².